The van der Waals surface area contributed by atoms with Crippen molar-refractivity contribution in [1.82, 2.24) is 5.43 Å². The van der Waals surface area contributed by atoms with Gasteiger partial charge < -0.3 is 4.74 Å². The van der Waals surface area contributed by atoms with Gasteiger partial charge in [-0.2, -0.15) is 10.4 Å². The lowest BCUT2D eigenvalue weighted by Gasteiger charge is -2.07. The summed E-state index contributed by atoms with van der Waals surface area (Å²) in [6, 6.07) is 24.0. The second-order valence-electron chi connectivity index (χ2n) is 6.23. The number of nitriles is 1. The zero-order chi connectivity index (χ0) is 19.8. The van der Waals surface area contributed by atoms with Crippen LogP contribution < -0.4 is 10.2 Å². The summed E-state index contributed by atoms with van der Waals surface area (Å²) in [5, 5.41) is 12.7. The van der Waals surface area contributed by atoms with Gasteiger partial charge in [0.2, 0.25) is 0 Å². The largest absolute Gasteiger partial charge is 0.489 e. The Morgan fingerprint density at radius 1 is 1.04 bits per heavy atom. The highest BCUT2D eigenvalue weighted by molar-refractivity contribution is 5.94. The number of carbonyl (C=O) groups excluding carboxylic acids is 1. The molecule has 3 aromatic rings. The van der Waals surface area contributed by atoms with Crippen LogP contribution in [0.4, 0.5) is 0 Å². The fraction of sp³-hybridized carbons (Fsp3) is 0.0870. The molecule has 3 aromatic carbocycles. The molecule has 3 rings (SSSR count). The second-order valence-corrected chi connectivity index (χ2v) is 6.23. The zero-order valence-electron chi connectivity index (χ0n) is 15.4. The van der Waals surface area contributed by atoms with Gasteiger partial charge in [0.05, 0.1) is 17.8 Å². The van der Waals surface area contributed by atoms with Crippen molar-refractivity contribution in [2.45, 2.75) is 13.5 Å². The highest BCUT2D eigenvalue weighted by atomic mass is 16.5. The molecule has 138 valence electrons. The lowest BCUT2D eigenvalue weighted by molar-refractivity contribution is 0.0955. The Labute approximate surface area is 163 Å². The fourth-order valence-corrected chi connectivity index (χ4v) is 2.43. The van der Waals surface area contributed by atoms with Crippen LogP contribution in [-0.2, 0) is 6.61 Å². The second kappa shape index (κ2) is 9.15. The van der Waals surface area contributed by atoms with E-state index in [-0.39, 0.29) is 5.91 Å². The van der Waals surface area contributed by atoms with Crippen LogP contribution in [0.3, 0.4) is 0 Å². The maximum absolute atomic E-state index is 12.0. The van der Waals surface area contributed by atoms with Crippen LogP contribution in [-0.4, -0.2) is 12.1 Å². The molecular formula is C23H19N3O2. The summed E-state index contributed by atoms with van der Waals surface area (Å²) in [4.78, 5) is 12.0. The average molecular weight is 369 g/mol. The summed E-state index contributed by atoms with van der Waals surface area (Å²) < 4.78 is 5.77. The maximum Gasteiger partial charge on any atom is 0.271 e. The molecule has 0 aromatic heterocycles. The van der Waals surface area contributed by atoms with E-state index in [4.69, 9.17) is 10.00 Å². The Kier molecular flexibility index (Phi) is 6.17. The SMILES string of the molecule is Cc1ccc(COc2ccc(/C=N\NC(=O)c3ccc(C#N)cc3)cc2)cc1. The molecule has 0 aliphatic rings. The van der Waals surface area contributed by atoms with Crippen molar-refractivity contribution in [1.29, 1.82) is 5.26 Å². The standard InChI is InChI=1S/C23H19N3O2/c1-17-2-4-20(5-3-17)16-28-22-12-8-19(9-13-22)15-25-26-23(27)21-10-6-18(14-24)7-11-21/h2-13,15H,16H2,1H3,(H,26,27)/b25-15-. The van der Waals surface area contributed by atoms with Gasteiger partial charge in [-0.15, -0.1) is 0 Å². The first-order valence-corrected chi connectivity index (χ1v) is 8.76. The summed E-state index contributed by atoms with van der Waals surface area (Å²) in [6.45, 7) is 2.56. The molecule has 0 atom stereocenters. The molecule has 0 saturated heterocycles. The number of ether oxygens (including phenoxy) is 1. The van der Waals surface area contributed by atoms with Crippen LogP contribution in [0.25, 0.3) is 0 Å². The number of hydrogen-bond acceptors (Lipinski definition) is 4. The van der Waals surface area contributed by atoms with E-state index >= 15 is 0 Å². The van der Waals surface area contributed by atoms with E-state index in [1.807, 2.05) is 42.5 Å². The molecule has 0 aliphatic heterocycles. The third kappa shape index (κ3) is 5.29. The highest BCUT2D eigenvalue weighted by Crippen LogP contribution is 2.14. The molecule has 0 saturated carbocycles. The molecule has 0 spiro atoms. The van der Waals surface area contributed by atoms with Gasteiger partial charge in [-0.1, -0.05) is 29.8 Å². The number of nitrogens with zero attached hydrogens (tertiary/aromatic N) is 2. The monoisotopic (exact) mass is 369 g/mol. The van der Waals surface area contributed by atoms with Gasteiger partial charge in [0.15, 0.2) is 0 Å². The Bertz CT molecular complexity index is 1000. The normalized spacial score (nSPS) is 10.4. The number of benzene rings is 3. The summed E-state index contributed by atoms with van der Waals surface area (Å²) in [7, 11) is 0. The smallest absolute Gasteiger partial charge is 0.271 e. The van der Waals surface area contributed by atoms with E-state index in [9.17, 15) is 4.79 Å². The van der Waals surface area contributed by atoms with E-state index < -0.39 is 0 Å². The van der Waals surface area contributed by atoms with Crippen LogP contribution in [0.15, 0.2) is 77.9 Å². The Balaban J connectivity index is 1.51. The maximum atomic E-state index is 12.0. The number of aryl methyl sites for hydroxylation is 1. The van der Waals surface area contributed by atoms with Gasteiger partial charge in [0.1, 0.15) is 12.4 Å². The molecule has 0 bridgehead atoms. The minimum atomic E-state index is -0.334. The highest BCUT2D eigenvalue weighted by Gasteiger charge is 2.03. The van der Waals surface area contributed by atoms with E-state index in [0.717, 1.165) is 16.9 Å². The summed E-state index contributed by atoms with van der Waals surface area (Å²) in [6.07, 6.45) is 1.56. The Morgan fingerprint density at radius 2 is 1.71 bits per heavy atom. The van der Waals surface area contributed by atoms with E-state index in [0.29, 0.717) is 17.7 Å². The lowest BCUT2D eigenvalue weighted by Crippen LogP contribution is -2.17. The molecule has 0 aliphatic carbocycles. The lowest BCUT2D eigenvalue weighted by atomic mass is 10.1. The number of carbonyl (C=O) groups is 1. The quantitative estimate of drug-likeness (QED) is 0.522. The molecule has 28 heavy (non-hydrogen) atoms. The van der Waals surface area contributed by atoms with Crippen molar-refractivity contribution in [2.24, 2.45) is 5.10 Å². The van der Waals surface area contributed by atoms with Gasteiger partial charge in [-0.05, 0) is 66.6 Å². The molecular weight excluding hydrogens is 350 g/mol. The summed E-state index contributed by atoms with van der Waals surface area (Å²) >= 11 is 0. The van der Waals surface area contributed by atoms with Crippen molar-refractivity contribution < 1.29 is 9.53 Å². The molecule has 0 heterocycles. The fourth-order valence-electron chi connectivity index (χ4n) is 2.43. The summed E-state index contributed by atoms with van der Waals surface area (Å²) in [5.41, 5.74) is 6.58. The van der Waals surface area contributed by atoms with E-state index in [2.05, 4.69) is 29.6 Å². The molecule has 0 radical (unpaired) electrons. The third-order valence-corrected chi connectivity index (χ3v) is 4.06. The van der Waals surface area contributed by atoms with Gasteiger partial charge in [0, 0.05) is 5.56 Å². The minimum Gasteiger partial charge on any atom is -0.489 e. The topological polar surface area (TPSA) is 74.5 Å². The predicted octanol–water partition coefficient (Wildman–Crippen LogP) is 4.21. The van der Waals surface area contributed by atoms with Crippen molar-refractivity contribution in [2.75, 3.05) is 0 Å². The minimum absolute atomic E-state index is 0.334. The van der Waals surface area contributed by atoms with Gasteiger partial charge in [0.25, 0.3) is 5.91 Å². The number of rotatable bonds is 6. The first-order chi connectivity index (χ1) is 13.6. The Morgan fingerprint density at radius 3 is 2.36 bits per heavy atom. The van der Waals surface area contributed by atoms with Crippen LogP contribution in [0.5, 0.6) is 5.75 Å². The van der Waals surface area contributed by atoms with Gasteiger partial charge >= 0.3 is 0 Å². The molecule has 0 unspecified atom stereocenters. The summed E-state index contributed by atoms with van der Waals surface area (Å²) in [5.74, 6) is 0.429. The van der Waals surface area contributed by atoms with Crippen molar-refractivity contribution >= 4 is 12.1 Å². The number of hydrogen-bond donors (Lipinski definition) is 1. The van der Waals surface area contributed by atoms with Crippen LogP contribution in [0, 0.1) is 18.3 Å². The first kappa shape index (κ1) is 18.9. The van der Waals surface area contributed by atoms with Crippen LogP contribution in [0.1, 0.15) is 32.6 Å². The number of nitrogens with one attached hydrogen (secondary N) is 1. The number of hydrazone groups is 1. The van der Waals surface area contributed by atoms with Crippen molar-refractivity contribution in [3.63, 3.8) is 0 Å². The Hall–Kier alpha value is -3.91. The van der Waals surface area contributed by atoms with Crippen LogP contribution >= 0.6 is 0 Å². The predicted molar refractivity (Wildman–Crippen MR) is 108 cm³/mol. The number of amides is 1. The third-order valence-electron chi connectivity index (χ3n) is 4.06. The molecule has 1 N–H and O–H groups in total. The first-order valence-electron chi connectivity index (χ1n) is 8.76. The molecule has 1 amide bonds. The molecule has 5 nitrogen and oxygen atoms in total. The van der Waals surface area contributed by atoms with Gasteiger partial charge in [-0.3, -0.25) is 4.79 Å². The van der Waals surface area contributed by atoms with Crippen molar-refractivity contribution in [3.05, 3.63) is 101 Å². The zero-order valence-corrected chi connectivity index (χ0v) is 15.4. The van der Waals surface area contributed by atoms with Crippen LogP contribution in [0.2, 0.25) is 0 Å². The molecule has 5 heteroatoms. The van der Waals surface area contributed by atoms with Gasteiger partial charge in [-0.25, -0.2) is 5.43 Å². The van der Waals surface area contributed by atoms with E-state index in [1.165, 1.54) is 5.56 Å². The average Bonchev–Trinajstić information content (AvgIpc) is 2.74. The molecule has 0 fully saturated rings. The van der Waals surface area contributed by atoms with Crippen molar-refractivity contribution in [3.8, 4) is 11.8 Å². The van der Waals surface area contributed by atoms with E-state index in [1.54, 1.807) is 30.5 Å².